The largest absolute Gasteiger partial charge is 0.508 e. The molecule has 1 aliphatic rings. The Bertz CT molecular complexity index is 2440. The van der Waals surface area contributed by atoms with Gasteiger partial charge in [-0.1, -0.05) is 96.1 Å². The number of hydrogen-bond acceptors (Lipinski definition) is 14. The first-order valence-corrected chi connectivity index (χ1v) is 26.5. The lowest BCUT2D eigenvalue weighted by molar-refractivity contribution is -0.136. The molecule has 1 fully saturated rings. The molecule has 22 heteroatoms. The van der Waals surface area contributed by atoms with Gasteiger partial charge in [0.05, 0.1) is 12.1 Å². The van der Waals surface area contributed by atoms with Gasteiger partial charge in [-0.2, -0.15) is 0 Å². The van der Waals surface area contributed by atoms with E-state index in [1.807, 2.05) is 54.6 Å². The summed E-state index contributed by atoms with van der Waals surface area (Å²) in [5.74, 6) is -6.02. The molecule has 3 aromatic carbocycles. The number of phenolic OH excluding ortho intramolecular Hbond substituents is 1. The summed E-state index contributed by atoms with van der Waals surface area (Å²) >= 11 is 0. The number of aromatic nitrogens is 1. The van der Waals surface area contributed by atoms with E-state index in [0.717, 1.165) is 27.3 Å². The standard InChI is InChI=1S/C50H69N11O9S2/c1-28(2)42-50(70)59-41(49(69)61-43(29(3)62)44(53)64)27-72-71-26-40(55-25-33(52)21-30-11-5-4-6-12-30)48(68)57-38(22-31-16-18-34(63)19-17-31)46(66)58-39(23-32-24-54-36-14-8-7-13-35(32)36)47(67)56-37(45(65)60-42)15-9-10-20-51/h4-8,11-14,16-19,24,28-29,33,37-43,54-55,62-63H,9-10,15,20-23,25-27,51-52H2,1-3H3,(H2,53,64)(H,56,67)(H,57,68)(H,58,66)(H,59,70)(H,60,65)(H,61,69)/t29-,33+,37+,38+,39-,40+,41-,42-,43+/m1/s1. The number of nitrogens with two attached hydrogens (primary N) is 3. The Kier molecular flexibility index (Phi) is 22.2. The van der Waals surface area contributed by atoms with Crippen molar-refractivity contribution >= 4 is 73.8 Å². The molecule has 4 aromatic rings. The van der Waals surface area contributed by atoms with Gasteiger partial charge in [-0.05, 0) is 80.0 Å². The third-order valence-corrected chi connectivity index (χ3v) is 14.5. The Labute approximate surface area is 427 Å². The molecule has 7 amide bonds. The molecule has 2 heterocycles. The zero-order valence-electron chi connectivity index (χ0n) is 40.7. The van der Waals surface area contributed by atoms with Crippen molar-refractivity contribution in [2.45, 2.75) is 114 Å². The number of amides is 7. The van der Waals surface area contributed by atoms with Gasteiger partial charge >= 0.3 is 0 Å². The van der Waals surface area contributed by atoms with Crippen LogP contribution in [-0.4, -0.2) is 136 Å². The van der Waals surface area contributed by atoms with Crippen molar-refractivity contribution in [3.8, 4) is 5.75 Å². The van der Waals surface area contributed by atoms with Crippen molar-refractivity contribution in [1.82, 2.24) is 42.2 Å². The fourth-order valence-electron chi connectivity index (χ4n) is 8.04. The molecule has 0 bridgehead atoms. The average molecular weight is 1030 g/mol. The van der Waals surface area contributed by atoms with Crippen LogP contribution in [0.15, 0.2) is 85.1 Å². The average Bonchev–Trinajstić information content (AvgIpc) is 3.75. The van der Waals surface area contributed by atoms with Crippen molar-refractivity contribution < 1.29 is 43.8 Å². The Balaban J connectivity index is 1.56. The van der Waals surface area contributed by atoms with E-state index >= 15 is 0 Å². The molecule has 1 aromatic heterocycles. The van der Waals surface area contributed by atoms with Crippen LogP contribution in [0.3, 0.4) is 0 Å². The van der Waals surface area contributed by atoms with Crippen LogP contribution >= 0.6 is 21.6 Å². The maximum Gasteiger partial charge on any atom is 0.244 e. The summed E-state index contributed by atoms with van der Waals surface area (Å²) in [6.07, 6.45) is 1.74. The minimum absolute atomic E-state index is 0.00996. The molecule has 0 radical (unpaired) electrons. The molecular weight excluding hydrogens is 963 g/mol. The number of unbranched alkanes of at least 4 members (excludes halogenated alkanes) is 1. The molecule has 0 spiro atoms. The number of rotatable bonds is 18. The van der Waals surface area contributed by atoms with Crippen molar-refractivity contribution in [3.05, 3.63) is 102 Å². The maximum absolute atomic E-state index is 14.8. The lowest BCUT2D eigenvalue weighted by Crippen LogP contribution is -2.62. The summed E-state index contributed by atoms with van der Waals surface area (Å²) in [6.45, 7) is 5.12. The minimum Gasteiger partial charge on any atom is -0.508 e. The summed E-state index contributed by atoms with van der Waals surface area (Å²) in [5, 5.41) is 40.9. The molecule has 0 saturated carbocycles. The van der Waals surface area contributed by atoms with Crippen molar-refractivity contribution in [2.75, 3.05) is 24.6 Å². The number of aliphatic hydroxyl groups excluding tert-OH is 1. The highest BCUT2D eigenvalue weighted by Gasteiger charge is 2.36. The van der Waals surface area contributed by atoms with Gasteiger partial charge in [0.15, 0.2) is 0 Å². The lowest BCUT2D eigenvalue weighted by Gasteiger charge is -2.29. The topological polar surface area (TPSA) is 338 Å². The van der Waals surface area contributed by atoms with Crippen molar-refractivity contribution in [2.24, 2.45) is 23.1 Å². The van der Waals surface area contributed by atoms with Crippen LogP contribution in [0.4, 0.5) is 0 Å². The van der Waals surface area contributed by atoms with Gasteiger partial charge < -0.3 is 69.6 Å². The van der Waals surface area contributed by atoms with E-state index < -0.39 is 102 Å². The van der Waals surface area contributed by atoms with Crippen LogP contribution in [0.1, 0.15) is 56.7 Å². The molecule has 0 aliphatic carbocycles. The number of hydrogen-bond donors (Lipinski definition) is 13. The number of aromatic hydroxyl groups is 1. The number of carbonyl (C=O) groups excluding carboxylic acids is 7. The second-order valence-corrected chi connectivity index (χ2v) is 20.9. The van der Waals surface area contributed by atoms with Crippen LogP contribution in [0.25, 0.3) is 10.9 Å². The fraction of sp³-hybridized carbons (Fsp3) is 0.460. The summed E-state index contributed by atoms with van der Waals surface area (Å²) in [7, 11) is 2.29. The maximum atomic E-state index is 14.8. The molecule has 9 atom stereocenters. The third kappa shape index (κ3) is 17.3. The number of phenols is 1. The highest BCUT2D eigenvalue weighted by atomic mass is 33.1. The monoisotopic (exact) mass is 1030 g/mol. The van der Waals surface area contributed by atoms with Crippen LogP contribution in [0.5, 0.6) is 5.75 Å². The second-order valence-electron chi connectivity index (χ2n) is 18.3. The molecule has 390 valence electrons. The Morgan fingerprint density at radius 1 is 0.736 bits per heavy atom. The molecule has 0 unspecified atom stereocenters. The predicted octanol–water partition coefficient (Wildman–Crippen LogP) is 0.142. The van der Waals surface area contributed by atoms with Gasteiger partial charge in [-0.25, -0.2) is 0 Å². The van der Waals surface area contributed by atoms with Crippen molar-refractivity contribution in [3.63, 3.8) is 0 Å². The quantitative estimate of drug-likeness (QED) is 0.0466. The number of aliphatic hydroxyl groups is 1. The van der Waals surface area contributed by atoms with E-state index in [-0.39, 0.29) is 43.1 Å². The summed E-state index contributed by atoms with van der Waals surface area (Å²) in [6, 6.07) is 13.8. The smallest absolute Gasteiger partial charge is 0.244 e. The van der Waals surface area contributed by atoms with Crippen molar-refractivity contribution in [1.29, 1.82) is 0 Å². The summed E-state index contributed by atoms with van der Waals surface area (Å²) in [4.78, 5) is 102. The van der Waals surface area contributed by atoms with E-state index in [2.05, 4.69) is 42.2 Å². The first kappa shape index (κ1) is 56.7. The van der Waals surface area contributed by atoms with Crippen LogP contribution in [-0.2, 0) is 52.8 Å². The van der Waals surface area contributed by atoms with Crippen LogP contribution in [0, 0.1) is 5.92 Å². The fourth-order valence-corrected chi connectivity index (χ4v) is 10.4. The predicted molar refractivity (Wildman–Crippen MR) is 279 cm³/mol. The first-order valence-electron chi connectivity index (χ1n) is 24.0. The lowest BCUT2D eigenvalue weighted by atomic mass is 10.00. The van der Waals surface area contributed by atoms with Crippen LogP contribution < -0.4 is 54.4 Å². The van der Waals surface area contributed by atoms with Gasteiger partial charge in [0.1, 0.15) is 42.0 Å². The normalized spacial score (nSPS) is 22.3. The number of carbonyl (C=O) groups is 7. The van der Waals surface area contributed by atoms with Gasteiger partial charge in [0, 0.05) is 54.0 Å². The number of nitrogens with one attached hydrogen (secondary N) is 8. The number of primary amides is 1. The van der Waals surface area contributed by atoms with E-state index in [0.29, 0.717) is 36.9 Å². The van der Waals surface area contributed by atoms with E-state index in [1.54, 1.807) is 32.2 Å². The zero-order chi connectivity index (χ0) is 52.3. The molecule has 16 N–H and O–H groups in total. The molecule has 20 nitrogen and oxygen atoms in total. The van der Waals surface area contributed by atoms with Gasteiger partial charge in [0.25, 0.3) is 0 Å². The highest BCUT2D eigenvalue weighted by Crippen LogP contribution is 2.25. The number of aromatic amines is 1. The molecular formula is C50H69N11O9S2. The molecule has 72 heavy (non-hydrogen) atoms. The Hall–Kier alpha value is -6.17. The second kappa shape index (κ2) is 28.2. The summed E-state index contributed by atoms with van der Waals surface area (Å²) in [5.41, 5.74) is 20.9. The Morgan fingerprint density at radius 2 is 1.36 bits per heavy atom. The van der Waals surface area contributed by atoms with E-state index in [1.165, 1.54) is 29.9 Å². The zero-order valence-corrected chi connectivity index (χ0v) is 42.4. The van der Waals surface area contributed by atoms with Gasteiger partial charge in [0.2, 0.25) is 41.4 Å². The van der Waals surface area contributed by atoms with Gasteiger partial charge in [-0.15, -0.1) is 0 Å². The van der Waals surface area contributed by atoms with E-state index in [4.69, 9.17) is 17.2 Å². The minimum atomic E-state index is -1.50. The van der Waals surface area contributed by atoms with E-state index in [9.17, 15) is 43.8 Å². The van der Waals surface area contributed by atoms with Gasteiger partial charge in [-0.3, -0.25) is 33.6 Å². The van der Waals surface area contributed by atoms with Crippen LogP contribution in [0.2, 0.25) is 0 Å². The third-order valence-electron chi connectivity index (χ3n) is 12.1. The molecule has 1 aliphatic heterocycles. The number of fused-ring (bicyclic) bond motifs is 1. The number of benzene rings is 3. The SMILES string of the molecule is CC(C)[C@H]1NC(=O)[C@H](CCCCN)NC(=O)[C@@H](Cc2c[nH]c3ccccc23)NC(=O)[C@H](Cc2ccc(O)cc2)NC(=O)[C@@H](NC[C@@H](N)Cc2ccccc2)CSSC[C@H](C(=O)N[C@H](C(N)=O)[C@@H](C)O)NC1=O. The Morgan fingerprint density at radius 3 is 2.03 bits per heavy atom. The number of H-pyrrole nitrogens is 1. The summed E-state index contributed by atoms with van der Waals surface area (Å²) < 4.78 is 0. The number of para-hydroxylation sites is 1. The molecule has 1 saturated heterocycles. The first-order chi connectivity index (χ1) is 34.4. The highest BCUT2D eigenvalue weighted by molar-refractivity contribution is 8.76. The molecule has 5 rings (SSSR count).